The molecule has 0 amide bonds. The molecule has 0 aliphatic carbocycles. The van der Waals surface area contributed by atoms with Crippen molar-refractivity contribution in [1.82, 2.24) is 20.2 Å². The predicted molar refractivity (Wildman–Crippen MR) is 78.1 cm³/mol. The van der Waals surface area contributed by atoms with Crippen molar-refractivity contribution in [2.75, 3.05) is 6.54 Å². The number of nitrogens with zero attached hydrogens (tertiary/aromatic N) is 1. The molecule has 2 rings (SSSR count). The van der Waals surface area contributed by atoms with E-state index in [1.807, 2.05) is 6.92 Å². The van der Waals surface area contributed by atoms with Gasteiger partial charge in [0, 0.05) is 18.7 Å². The lowest BCUT2D eigenvalue weighted by Crippen LogP contribution is -2.25. The third kappa shape index (κ3) is 3.93. The van der Waals surface area contributed by atoms with Crippen LogP contribution in [0.4, 0.5) is 0 Å². The molecule has 2 heterocycles. The van der Waals surface area contributed by atoms with Crippen LogP contribution in [0.15, 0.2) is 27.9 Å². The van der Waals surface area contributed by atoms with Crippen molar-refractivity contribution in [3.8, 4) is 0 Å². The van der Waals surface area contributed by atoms with Gasteiger partial charge in [-0.3, -0.25) is 5.10 Å². The average molecular weight is 312 g/mol. The second-order valence-corrected chi connectivity index (χ2v) is 6.46. The van der Waals surface area contributed by atoms with Gasteiger partial charge in [-0.15, -0.1) is 0 Å². The second-order valence-electron chi connectivity index (χ2n) is 4.76. The minimum absolute atomic E-state index is 0.186. The van der Waals surface area contributed by atoms with Crippen molar-refractivity contribution in [1.29, 1.82) is 0 Å². The number of H-pyrrole nitrogens is 1. The van der Waals surface area contributed by atoms with E-state index >= 15 is 0 Å². The number of furan rings is 1. The van der Waals surface area contributed by atoms with Crippen molar-refractivity contribution >= 4 is 10.0 Å². The summed E-state index contributed by atoms with van der Waals surface area (Å²) < 4.78 is 32.3. The Morgan fingerprint density at radius 2 is 2.19 bits per heavy atom. The molecule has 0 aromatic carbocycles. The quantitative estimate of drug-likeness (QED) is 0.638. The molecule has 0 fully saturated rings. The summed E-state index contributed by atoms with van der Waals surface area (Å²) in [4.78, 5) is 0.217. The summed E-state index contributed by atoms with van der Waals surface area (Å²) in [7, 11) is -3.62. The van der Waals surface area contributed by atoms with Crippen LogP contribution in [-0.4, -0.2) is 25.2 Å². The zero-order valence-electron chi connectivity index (χ0n) is 12.1. The molecule has 7 nitrogen and oxygen atoms in total. The van der Waals surface area contributed by atoms with Gasteiger partial charge in [0.2, 0.25) is 10.0 Å². The molecule has 2 aromatic heterocycles. The highest BCUT2D eigenvalue weighted by Gasteiger charge is 2.23. The molecule has 3 N–H and O–H groups in total. The minimum atomic E-state index is -3.62. The van der Waals surface area contributed by atoms with Gasteiger partial charge in [0.25, 0.3) is 0 Å². The summed E-state index contributed by atoms with van der Waals surface area (Å²) in [6.45, 7) is 5.16. The molecule has 2 aromatic rings. The fourth-order valence-electron chi connectivity index (χ4n) is 1.97. The maximum absolute atomic E-state index is 12.4. The van der Waals surface area contributed by atoms with Gasteiger partial charge in [-0.2, -0.15) is 5.10 Å². The number of hydrogen-bond acceptors (Lipinski definition) is 5. The topological polar surface area (TPSA) is 100 Å². The Morgan fingerprint density at radius 1 is 1.38 bits per heavy atom. The SMILES string of the molecule is CCCNCc1n[nH]c(C)c1S(=O)(=O)NCc1ccoc1. The van der Waals surface area contributed by atoms with E-state index in [4.69, 9.17) is 4.42 Å². The fraction of sp³-hybridized carbons (Fsp3) is 0.462. The predicted octanol–water partition coefficient (Wildman–Crippen LogP) is 1.29. The molecule has 0 unspecified atom stereocenters. The van der Waals surface area contributed by atoms with E-state index in [0.29, 0.717) is 17.9 Å². The fourth-order valence-corrected chi connectivity index (χ4v) is 3.35. The number of sulfonamides is 1. The van der Waals surface area contributed by atoms with E-state index in [9.17, 15) is 8.42 Å². The molecule has 8 heteroatoms. The molecule has 116 valence electrons. The van der Waals surface area contributed by atoms with Crippen LogP contribution in [0.3, 0.4) is 0 Å². The number of nitrogens with one attached hydrogen (secondary N) is 3. The van der Waals surface area contributed by atoms with Crippen LogP contribution in [0, 0.1) is 6.92 Å². The lowest BCUT2D eigenvalue weighted by Gasteiger charge is -2.07. The van der Waals surface area contributed by atoms with Crippen molar-refractivity contribution in [3.05, 3.63) is 35.5 Å². The molecular weight excluding hydrogens is 292 g/mol. The van der Waals surface area contributed by atoms with Gasteiger partial charge in [-0.1, -0.05) is 6.92 Å². The molecular formula is C13H20N4O3S. The van der Waals surface area contributed by atoms with Crippen LogP contribution in [0.5, 0.6) is 0 Å². The zero-order valence-corrected chi connectivity index (χ0v) is 13.0. The number of aryl methyl sites for hydroxylation is 1. The van der Waals surface area contributed by atoms with Crippen molar-refractivity contribution in [2.45, 2.75) is 38.3 Å². The molecule has 0 bridgehead atoms. The summed E-state index contributed by atoms with van der Waals surface area (Å²) in [6.07, 6.45) is 3.99. The molecule has 0 atom stereocenters. The first-order chi connectivity index (χ1) is 10.0. The van der Waals surface area contributed by atoms with Crippen LogP contribution in [0.2, 0.25) is 0 Å². The maximum Gasteiger partial charge on any atom is 0.244 e. The van der Waals surface area contributed by atoms with Crippen LogP contribution in [0.1, 0.15) is 30.3 Å². The van der Waals surface area contributed by atoms with Crippen LogP contribution in [0.25, 0.3) is 0 Å². The van der Waals surface area contributed by atoms with Gasteiger partial charge in [-0.25, -0.2) is 13.1 Å². The monoisotopic (exact) mass is 312 g/mol. The number of hydrogen-bond donors (Lipinski definition) is 3. The lowest BCUT2D eigenvalue weighted by molar-refractivity contribution is 0.560. The number of aromatic nitrogens is 2. The minimum Gasteiger partial charge on any atom is -0.472 e. The first-order valence-electron chi connectivity index (χ1n) is 6.80. The molecule has 21 heavy (non-hydrogen) atoms. The molecule has 0 spiro atoms. The Bertz CT molecular complexity index is 662. The average Bonchev–Trinajstić information content (AvgIpc) is 3.07. The van der Waals surface area contributed by atoms with E-state index in [0.717, 1.165) is 18.5 Å². The van der Waals surface area contributed by atoms with Crippen LogP contribution >= 0.6 is 0 Å². The summed E-state index contributed by atoms with van der Waals surface area (Å²) >= 11 is 0. The van der Waals surface area contributed by atoms with E-state index in [2.05, 4.69) is 20.2 Å². The highest BCUT2D eigenvalue weighted by atomic mass is 32.2. The summed E-state index contributed by atoms with van der Waals surface area (Å²) in [5.74, 6) is 0. The number of aromatic amines is 1. The molecule has 0 radical (unpaired) electrons. The highest BCUT2D eigenvalue weighted by molar-refractivity contribution is 7.89. The third-order valence-electron chi connectivity index (χ3n) is 3.00. The summed E-state index contributed by atoms with van der Waals surface area (Å²) in [5, 5.41) is 9.97. The van der Waals surface area contributed by atoms with Gasteiger partial charge in [-0.05, 0) is 26.0 Å². The van der Waals surface area contributed by atoms with E-state index < -0.39 is 10.0 Å². The molecule has 0 aliphatic rings. The maximum atomic E-state index is 12.4. The van der Waals surface area contributed by atoms with Crippen LogP contribution in [-0.2, 0) is 23.1 Å². The molecule has 0 aliphatic heterocycles. The first-order valence-corrected chi connectivity index (χ1v) is 8.28. The Kier molecular flexibility index (Phi) is 5.16. The van der Waals surface area contributed by atoms with Crippen molar-refractivity contribution < 1.29 is 12.8 Å². The van der Waals surface area contributed by atoms with E-state index in [-0.39, 0.29) is 11.4 Å². The standard InChI is InChI=1S/C13H20N4O3S/c1-3-5-14-8-12-13(10(2)16-17-12)21(18,19)15-7-11-4-6-20-9-11/h4,6,9,14-15H,3,5,7-8H2,1-2H3,(H,16,17). The van der Waals surface area contributed by atoms with E-state index in [1.165, 1.54) is 12.5 Å². The van der Waals surface area contributed by atoms with Crippen molar-refractivity contribution in [3.63, 3.8) is 0 Å². The molecule has 0 saturated heterocycles. The van der Waals surface area contributed by atoms with Crippen molar-refractivity contribution in [2.24, 2.45) is 0 Å². The lowest BCUT2D eigenvalue weighted by atomic mass is 10.3. The summed E-state index contributed by atoms with van der Waals surface area (Å²) in [5.41, 5.74) is 1.80. The Morgan fingerprint density at radius 3 is 2.86 bits per heavy atom. The Balaban J connectivity index is 2.13. The largest absolute Gasteiger partial charge is 0.472 e. The van der Waals surface area contributed by atoms with E-state index in [1.54, 1.807) is 13.0 Å². The van der Waals surface area contributed by atoms with Gasteiger partial charge < -0.3 is 9.73 Å². The van der Waals surface area contributed by atoms with Gasteiger partial charge in [0.15, 0.2) is 0 Å². The van der Waals surface area contributed by atoms with Crippen LogP contribution < -0.4 is 10.0 Å². The van der Waals surface area contributed by atoms with Gasteiger partial charge in [0.1, 0.15) is 4.90 Å². The number of rotatable bonds is 8. The highest BCUT2D eigenvalue weighted by Crippen LogP contribution is 2.17. The molecule has 0 saturated carbocycles. The Hall–Kier alpha value is -1.64. The zero-order chi connectivity index (χ0) is 15.3. The van der Waals surface area contributed by atoms with Gasteiger partial charge >= 0.3 is 0 Å². The smallest absolute Gasteiger partial charge is 0.244 e. The normalized spacial score (nSPS) is 11.9. The Labute approximate surface area is 124 Å². The third-order valence-corrected chi connectivity index (χ3v) is 4.60. The van der Waals surface area contributed by atoms with Gasteiger partial charge in [0.05, 0.1) is 23.9 Å². The second kappa shape index (κ2) is 6.88. The summed E-state index contributed by atoms with van der Waals surface area (Å²) in [6, 6.07) is 1.72. The first kappa shape index (κ1) is 15.7.